The van der Waals surface area contributed by atoms with Gasteiger partial charge in [0.15, 0.2) is 0 Å². The van der Waals surface area contributed by atoms with Crippen molar-refractivity contribution in [2.45, 2.75) is 19.1 Å². The molecule has 1 unspecified atom stereocenters. The van der Waals surface area contributed by atoms with Crippen LogP contribution in [0.3, 0.4) is 0 Å². The van der Waals surface area contributed by atoms with Crippen LogP contribution in [0.15, 0.2) is 24.3 Å². The number of amides is 1. The van der Waals surface area contributed by atoms with Gasteiger partial charge in [-0.25, -0.2) is 0 Å². The second-order valence-corrected chi connectivity index (χ2v) is 4.55. The minimum Gasteiger partial charge on any atom is -0.333 e. The summed E-state index contributed by atoms with van der Waals surface area (Å²) in [4.78, 5) is 13.2. The third-order valence-electron chi connectivity index (χ3n) is 3.27. The Morgan fingerprint density at radius 3 is 2.47 bits per heavy atom. The molecule has 104 valence electrons. The maximum absolute atomic E-state index is 12.5. The van der Waals surface area contributed by atoms with Crippen molar-refractivity contribution in [3.63, 3.8) is 0 Å². The summed E-state index contributed by atoms with van der Waals surface area (Å²) in [6, 6.07) is 4.80. The van der Waals surface area contributed by atoms with E-state index in [1.807, 2.05) is 0 Å². The van der Waals surface area contributed by atoms with E-state index in [9.17, 15) is 18.0 Å². The largest absolute Gasteiger partial charge is 0.416 e. The minimum absolute atomic E-state index is 0.0635. The van der Waals surface area contributed by atoms with Gasteiger partial charge in [-0.1, -0.05) is 12.1 Å². The monoisotopic (exact) mass is 272 g/mol. The van der Waals surface area contributed by atoms with Gasteiger partial charge in [0.2, 0.25) is 5.91 Å². The Morgan fingerprint density at radius 2 is 1.95 bits per heavy atom. The van der Waals surface area contributed by atoms with Crippen molar-refractivity contribution in [3.05, 3.63) is 35.4 Å². The highest BCUT2D eigenvalue weighted by Crippen LogP contribution is 2.31. The Morgan fingerprint density at radius 1 is 1.32 bits per heavy atom. The van der Waals surface area contributed by atoms with Gasteiger partial charge < -0.3 is 10.2 Å². The van der Waals surface area contributed by atoms with Crippen LogP contribution in [0.25, 0.3) is 0 Å². The highest BCUT2D eigenvalue weighted by molar-refractivity contribution is 5.74. The van der Waals surface area contributed by atoms with Gasteiger partial charge in [0.25, 0.3) is 0 Å². The number of nitrogens with zero attached hydrogens (tertiary/aromatic N) is 1. The van der Waals surface area contributed by atoms with Crippen LogP contribution in [0.4, 0.5) is 13.2 Å². The molecule has 0 spiro atoms. The molecule has 1 atom stereocenters. The third-order valence-corrected chi connectivity index (χ3v) is 3.27. The van der Waals surface area contributed by atoms with Gasteiger partial charge >= 0.3 is 6.18 Å². The van der Waals surface area contributed by atoms with Crippen LogP contribution in [0.2, 0.25) is 0 Å². The summed E-state index contributed by atoms with van der Waals surface area (Å²) in [5.41, 5.74) is 0.0461. The molecule has 1 fully saturated rings. The molecule has 2 rings (SSSR count). The molecule has 0 aliphatic carbocycles. The first-order chi connectivity index (χ1) is 8.89. The zero-order valence-corrected chi connectivity index (χ0v) is 10.5. The number of benzene rings is 1. The fourth-order valence-electron chi connectivity index (χ4n) is 2.27. The summed E-state index contributed by atoms with van der Waals surface area (Å²) >= 11 is 0. The quantitative estimate of drug-likeness (QED) is 0.850. The van der Waals surface area contributed by atoms with Crippen LogP contribution in [-0.2, 0) is 11.0 Å². The molecule has 1 heterocycles. The van der Waals surface area contributed by atoms with Gasteiger partial charge in [-0.05, 0) is 17.7 Å². The molecule has 1 aliphatic rings. The van der Waals surface area contributed by atoms with E-state index in [2.05, 4.69) is 5.32 Å². The van der Waals surface area contributed by atoms with Crippen LogP contribution in [0, 0.1) is 0 Å². The van der Waals surface area contributed by atoms with Gasteiger partial charge in [-0.3, -0.25) is 4.79 Å². The Kier molecular flexibility index (Phi) is 3.80. The van der Waals surface area contributed by atoms with E-state index >= 15 is 0 Å². The van der Waals surface area contributed by atoms with Gasteiger partial charge in [-0.15, -0.1) is 0 Å². The smallest absolute Gasteiger partial charge is 0.333 e. The second kappa shape index (κ2) is 5.21. The molecular formula is C13H15F3N2O. The molecule has 19 heavy (non-hydrogen) atoms. The van der Waals surface area contributed by atoms with E-state index in [1.165, 1.54) is 19.1 Å². The number of carbonyl (C=O) groups excluding carboxylic acids is 1. The fraction of sp³-hybridized carbons (Fsp3) is 0.462. The van der Waals surface area contributed by atoms with Crippen LogP contribution in [0.5, 0.6) is 0 Å². The van der Waals surface area contributed by atoms with Crippen LogP contribution >= 0.6 is 0 Å². The van der Waals surface area contributed by atoms with Gasteiger partial charge in [0.1, 0.15) is 0 Å². The standard InChI is InChI=1S/C13H15F3N2O/c1-9(19)18-7-6-17-8-12(18)10-2-4-11(5-3-10)13(14,15)16/h2-5,12,17H,6-8H2,1H3. The van der Waals surface area contributed by atoms with Crippen molar-refractivity contribution >= 4 is 5.91 Å². The molecule has 1 amide bonds. The normalized spacial score (nSPS) is 20.4. The summed E-state index contributed by atoms with van der Waals surface area (Å²) in [6.07, 6.45) is -4.33. The molecule has 1 N–H and O–H groups in total. The Bertz CT molecular complexity index is 456. The Hall–Kier alpha value is -1.56. The number of hydrogen-bond acceptors (Lipinski definition) is 2. The van der Waals surface area contributed by atoms with Crippen molar-refractivity contribution < 1.29 is 18.0 Å². The molecule has 1 aromatic rings. The van der Waals surface area contributed by atoms with E-state index in [0.717, 1.165) is 17.7 Å². The van der Waals surface area contributed by atoms with Crippen molar-refractivity contribution in [1.82, 2.24) is 10.2 Å². The highest BCUT2D eigenvalue weighted by atomic mass is 19.4. The average Bonchev–Trinajstić information content (AvgIpc) is 2.38. The minimum atomic E-state index is -4.33. The lowest BCUT2D eigenvalue weighted by molar-refractivity contribution is -0.137. The highest BCUT2D eigenvalue weighted by Gasteiger charge is 2.31. The first-order valence-electron chi connectivity index (χ1n) is 6.04. The molecule has 6 heteroatoms. The number of hydrogen-bond donors (Lipinski definition) is 1. The van der Waals surface area contributed by atoms with Crippen molar-refractivity contribution in [2.24, 2.45) is 0 Å². The Balaban J connectivity index is 2.23. The number of halogens is 3. The molecule has 3 nitrogen and oxygen atoms in total. The molecule has 0 saturated carbocycles. The number of piperazine rings is 1. The van der Waals surface area contributed by atoms with Crippen LogP contribution in [-0.4, -0.2) is 30.4 Å². The fourth-order valence-corrected chi connectivity index (χ4v) is 2.27. The Labute approximate surface area is 109 Å². The number of alkyl halides is 3. The zero-order chi connectivity index (χ0) is 14.0. The van der Waals surface area contributed by atoms with Gasteiger partial charge in [0, 0.05) is 26.6 Å². The maximum atomic E-state index is 12.5. The third kappa shape index (κ3) is 3.07. The lowest BCUT2D eigenvalue weighted by Gasteiger charge is -2.36. The maximum Gasteiger partial charge on any atom is 0.416 e. The van der Waals surface area contributed by atoms with E-state index < -0.39 is 11.7 Å². The number of nitrogens with one attached hydrogen (secondary N) is 1. The van der Waals surface area contributed by atoms with E-state index in [-0.39, 0.29) is 11.9 Å². The lowest BCUT2D eigenvalue weighted by atomic mass is 10.0. The molecule has 1 aromatic carbocycles. The number of rotatable bonds is 1. The first kappa shape index (κ1) is 13.9. The van der Waals surface area contributed by atoms with Gasteiger partial charge in [0.05, 0.1) is 11.6 Å². The van der Waals surface area contributed by atoms with E-state index in [4.69, 9.17) is 0 Å². The van der Waals surface area contributed by atoms with E-state index in [0.29, 0.717) is 19.6 Å². The predicted molar refractivity (Wildman–Crippen MR) is 64.4 cm³/mol. The summed E-state index contributed by atoms with van der Waals surface area (Å²) in [6.45, 7) is 3.31. The molecular weight excluding hydrogens is 257 g/mol. The van der Waals surface area contributed by atoms with E-state index in [1.54, 1.807) is 4.90 Å². The summed E-state index contributed by atoms with van der Waals surface area (Å²) in [5, 5.41) is 3.15. The molecule has 0 aromatic heterocycles. The first-order valence-corrected chi connectivity index (χ1v) is 6.04. The zero-order valence-electron chi connectivity index (χ0n) is 10.5. The number of carbonyl (C=O) groups is 1. The molecule has 1 aliphatic heterocycles. The van der Waals surface area contributed by atoms with Crippen LogP contribution < -0.4 is 5.32 Å². The van der Waals surface area contributed by atoms with Crippen molar-refractivity contribution in [1.29, 1.82) is 0 Å². The predicted octanol–water partition coefficient (Wildman–Crippen LogP) is 2.20. The lowest BCUT2D eigenvalue weighted by Crippen LogP contribution is -2.47. The second-order valence-electron chi connectivity index (χ2n) is 4.55. The molecule has 0 radical (unpaired) electrons. The molecule has 0 bridgehead atoms. The summed E-state index contributed by atoms with van der Waals surface area (Å²) in [7, 11) is 0. The van der Waals surface area contributed by atoms with Crippen LogP contribution in [0.1, 0.15) is 24.1 Å². The topological polar surface area (TPSA) is 32.3 Å². The summed E-state index contributed by atoms with van der Waals surface area (Å²) < 4.78 is 37.5. The van der Waals surface area contributed by atoms with Crippen molar-refractivity contribution in [2.75, 3.05) is 19.6 Å². The summed E-state index contributed by atoms with van der Waals surface area (Å²) in [5.74, 6) is -0.0635. The average molecular weight is 272 g/mol. The van der Waals surface area contributed by atoms with Crippen molar-refractivity contribution in [3.8, 4) is 0 Å². The molecule has 1 saturated heterocycles. The SMILES string of the molecule is CC(=O)N1CCNCC1c1ccc(C(F)(F)F)cc1. The van der Waals surface area contributed by atoms with Gasteiger partial charge in [-0.2, -0.15) is 13.2 Å².